The Balaban J connectivity index is 1.70. The lowest BCUT2D eigenvalue weighted by atomic mass is 9.65. The van der Waals surface area contributed by atoms with Gasteiger partial charge >= 0.3 is 0 Å². The van der Waals surface area contributed by atoms with Crippen molar-refractivity contribution < 1.29 is 87.5 Å². The number of hydrogen-bond acceptors (Lipinski definition) is 18. The molecule has 0 saturated carbocycles. The molecule has 0 spiro atoms. The van der Waals surface area contributed by atoms with Crippen LogP contribution in [0.15, 0.2) is 97.1 Å². The van der Waals surface area contributed by atoms with Crippen LogP contribution in [0, 0.1) is 0 Å². The average molecular weight is 1040 g/mol. The third-order valence-electron chi connectivity index (χ3n) is 12.1. The van der Waals surface area contributed by atoms with Crippen molar-refractivity contribution in [1.29, 1.82) is 0 Å². The number of ether oxygens (including phenoxy) is 12. The van der Waals surface area contributed by atoms with E-state index in [-0.39, 0.29) is 170 Å². The van der Waals surface area contributed by atoms with Crippen molar-refractivity contribution in [3.63, 3.8) is 0 Å². The smallest absolute Gasteiger partial charge is 0.170 e. The minimum absolute atomic E-state index is 0.0157. The quantitative estimate of drug-likeness (QED) is 0.0289. The predicted octanol–water partition coefficient (Wildman–Crippen LogP) is 4.68. The fourth-order valence-electron chi connectivity index (χ4n) is 9.36. The number of aliphatic hydroxyl groups excluding tert-OH is 6. The molecule has 6 aromatic carbocycles. The minimum atomic E-state index is -1.57. The second-order valence-electron chi connectivity index (χ2n) is 16.8. The molecule has 0 bridgehead atoms. The third kappa shape index (κ3) is 13.6. The van der Waals surface area contributed by atoms with Crippen LogP contribution < -0.4 is 28.4 Å². The minimum Gasteiger partial charge on any atom is -0.490 e. The zero-order valence-electron chi connectivity index (χ0n) is 42.3. The second-order valence-corrected chi connectivity index (χ2v) is 16.8. The number of hydrogen-bond donors (Lipinski definition) is 6. The van der Waals surface area contributed by atoms with Gasteiger partial charge in [-0.3, -0.25) is 0 Å². The molecular formula is C57H70O18. The van der Waals surface area contributed by atoms with Crippen molar-refractivity contribution in [2.24, 2.45) is 0 Å². The SMILES string of the molecule is OCCOCCOc1c(C2(c3c(OCCOCCO)c(OCCOCCO)c4ccccc4c3OCCOCCO)c3ccccc3-c3ccccc32)c(OCCOCCO)c2ccccc2c1OCCOCCO. The molecule has 0 radical (unpaired) electrons. The lowest BCUT2D eigenvalue weighted by molar-refractivity contribution is 0.0632. The Kier molecular flexibility index (Phi) is 23.2. The van der Waals surface area contributed by atoms with E-state index in [0.29, 0.717) is 55.7 Å². The van der Waals surface area contributed by atoms with Crippen molar-refractivity contribution in [2.45, 2.75) is 5.41 Å². The van der Waals surface area contributed by atoms with Gasteiger partial charge in [0.1, 0.15) is 51.1 Å². The number of rotatable bonds is 38. The first kappa shape index (κ1) is 56.9. The van der Waals surface area contributed by atoms with Crippen LogP contribution >= 0.6 is 0 Å². The molecule has 0 aromatic heterocycles. The van der Waals surface area contributed by atoms with Crippen LogP contribution in [0.3, 0.4) is 0 Å². The Labute approximate surface area is 436 Å². The van der Waals surface area contributed by atoms with Crippen molar-refractivity contribution in [3.05, 3.63) is 119 Å². The van der Waals surface area contributed by atoms with Gasteiger partial charge in [-0.15, -0.1) is 0 Å². The summed E-state index contributed by atoms with van der Waals surface area (Å²) in [5.41, 5.74) is 2.68. The van der Waals surface area contributed by atoms with E-state index in [2.05, 4.69) is 24.3 Å². The van der Waals surface area contributed by atoms with Crippen LogP contribution in [-0.4, -0.2) is 189 Å². The maximum atomic E-state index is 9.72. The Morgan fingerprint density at radius 2 is 0.493 bits per heavy atom. The third-order valence-corrected chi connectivity index (χ3v) is 12.1. The zero-order chi connectivity index (χ0) is 52.5. The van der Waals surface area contributed by atoms with Crippen LogP contribution in [0.25, 0.3) is 32.7 Å². The Bertz CT molecular complexity index is 2480. The molecule has 0 amide bonds. The highest BCUT2D eigenvalue weighted by Gasteiger charge is 2.55. The van der Waals surface area contributed by atoms with E-state index in [1.807, 2.05) is 72.8 Å². The van der Waals surface area contributed by atoms with Crippen molar-refractivity contribution >= 4 is 21.5 Å². The molecule has 7 rings (SSSR count). The average Bonchev–Trinajstić information content (AvgIpc) is 3.77. The molecule has 0 heterocycles. The summed E-state index contributed by atoms with van der Waals surface area (Å²) in [7, 11) is 0. The highest BCUT2D eigenvalue weighted by molar-refractivity contribution is 6.04. The van der Waals surface area contributed by atoms with Crippen LogP contribution in [0.5, 0.6) is 34.5 Å². The topological polar surface area (TPSA) is 232 Å². The molecule has 75 heavy (non-hydrogen) atoms. The summed E-state index contributed by atoms with van der Waals surface area (Å²) in [6, 6.07) is 31.4. The molecule has 1 aliphatic carbocycles. The summed E-state index contributed by atoms with van der Waals surface area (Å²) in [5.74, 6) is 2.01. The van der Waals surface area contributed by atoms with Crippen LogP contribution in [-0.2, 0) is 33.8 Å². The molecule has 406 valence electrons. The first-order valence-electron chi connectivity index (χ1n) is 25.4. The molecule has 6 N–H and O–H groups in total. The maximum absolute atomic E-state index is 9.72. The molecule has 18 nitrogen and oxygen atoms in total. The summed E-state index contributed by atoms with van der Waals surface area (Å²) >= 11 is 0. The number of fused-ring (bicyclic) bond motifs is 5. The van der Waals surface area contributed by atoms with Gasteiger partial charge in [-0.1, -0.05) is 97.1 Å². The van der Waals surface area contributed by atoms with E-state index in [9.17, 15) is 30.6 Å². The monoisotopic (exact) mass is 1040 g/mol. The first-order valence-corrected chi connectivity index (χ1v) is 25.4. The second kappa shape index (κ2) is 30.6. The number of aliphatic hydroxyl groups is 6. The standard InChI is InChI=1S/C57H70O18/c58-17-23-64-29-35-70-51-43-11-1-3-13-45(43)53(72-37-31-66-25-19-60)55(74-39-33-68-27-21-62)49(51)57(47-15-7-5-9-41(47)42-10-6-8-16-48(42)57)50-52(71-36-30-65-24-18-59)44-12-2-4-14-46(44)54(73-38-32-67-26-20-61)56(50)75-40-34-69-28-22-63/h1-16,58-63H,17-40H2. The highest BCUT2D eigenvalue weighted by Crippen LogP contribution is 2.67. The van der Waals surface area contributed by atoms with Gasteiger partial charge in [0.25, 0.3) is 0 Å². The molecule has 0 saturated heterocycles. The Hall–Kier alpha value is -5.84. The lowest BCUT2D eigenvalue weighted by Gasteiger charge is -2.39. The largest absolute Gasteiger partial charge is 0.490 e. The van der Waals surface area contributed by atoms with Gasteiger partial charge in [-0.25, -0.2) is 0 Å². The number of benzene rings is 6. The zero-order valence-corrected chi connectivity index (χ0v) is 42.3. The molecule has 6 aromatic rings. The van der Waals surface area contributed by atoms with Crippen LogP contribution in [0.2, 0.25) is 0 Å². The van der Waals surface area contributed by atoms with E-state index in [0.717, 1.165) is 22.3 Å². The highest BCUT2D eigenvalue weighted by atomic mass is 16.6. The van der Waals surface area contributed by atoms with E-state index < -0.39 is 5.41 Å². The van der Waals surface area contributed by atoms with Crippen LogP contribution in [0.4, 0.5) is 0 Å². The molecule has 0 aliphatic heterocycles. The fraction of sp³-hybridized carbons (Fsp3) is 0.439. The van der Waals surface area contributed by atoms with Gasteiger partial charge in [0.2, 0.25) is 0 Å². The predicted molar refractivity (Wildman–Crippen MR) is 279 cm³/mol. The molecule has 18 heteroatoms. The van der Waals surface area contributed by atoms with Crippen molar-refractivity contribution in [1.82, 2.24) is 0 Å². The van der Waals surface area contributed by atoms with Gasteiger partial charge in [0.05, 0.1) is 135 Å². The van der Waals surface area contributed by atoms with Gasteiger partial charge < -0.3 is 87.5 Å². The molecule has 0 atom stereocenters. The van der Waals surface area contributed by atoms with E-state index in [1.54, 1.807) is 0 Å². The summed E-state index contributed by atoms with van der Waals surface area (Å²) in [6.07, 6.45) is 0. The van der Waals surface area contributed by atoms with Crippen LogP contribution in [0.1, 0.15) is 22.3 Å². The first-order chi connectivity index (χ1) is 37.1. The fourth-order valence-corrected chi connectivity index (χ4v) is 9.36. The molecule has 0 fully saturated rings. The van der Waals surface area contributed by atoms with Gasteiger partial charge in [0, 0.05) is 21.5 Å². The lowest BCUT2D eigenvalue weighted by Crippen LogP contribution is -2.33. The van der Waals surface area contributed by atoms with Gasteiger partial charge in [-0.05, 0) is 22.3 Å². The summed E-state index contributed by atoms with van der Waals surface area (Å²) in [4.78, 5) is 0. The van der Waals surface area contributed by atoms with E-state index >= 15 is 0 Å². The maximum Gasteiger partial charge on any atom is 0.170 e. The molecule has 0 unspecified atom stereocenters. The van der Waals surface area contributed by atoms with E-state index in [1.165, 1.54) is 0 Å². The summed E-state index contributed by atoms with van der Waals surface area (Å²) in [6.45, 7) is 0.165. The molecule has 1 aliphatic rings. The molecular weight excluding hydrogens is 973 g/mol. The van der Waals surface area contributed by atoms with E-state index in [4.69, 9.17) is 56.8 Å². The van der Waals surface area contributed by atoms with Gasteiger partial charge in [-0.2, -0.15) is 0 Å². The van der Waals surface area contributed by atoms with Crippen molar-refractivity contribution in [2.75, 3.05) is 159 Å². The van der Waals surface area contributed by atoms with Gasteiger partial charge in [0.15, 0.2) is 23.0 Å². The summed E-state index contributed by atoms with van der Waals surface area (Å²) in [5, 5.41) is 60.6. The Morgan fingerprint density at radius 1 is 0.253 bits per heavy atom. The summed E-state index contributed by atoms with van der Waals surface area (Å²) < 4.78 is 77.0. The van der Waals surface area contributed by atoms with Crippen molar-refractivity contribution in [3.8, 4) is 45.6 Å². The normalized spacial score (nSPS) is 12.5. The Morgan fingerprint density at radius 3 is 0.787 bits per heavy atom.